The summed E-state index contributed by atoms with van der Waals surface area (Å²) < 4.78 is 0.989. The summed E-state index contributed by atoms with van der Waals surface area (Å²) in [6.45, 7) is 0. The highest BCUT2D eigenvalue weighted by molar-refractivity contribution is 14.1. The number of benzene rings is 3. The number of hydrogen-bond acceptors (Lipinski definition) is 2. The van der Waals surface area contributed by atoms with Gasteiger partial charge in [-0.1, -0.05) is 30.3 Å². The minimum absolute atomic E-state index is 0.200. The van der Waals surface area contributed by atoms with Crippen LogP contribution in [0.3, 0.4) is 0 Å². The Kier molecular flexibility index (Phi) is 5.85. The zero-order chi connectivity index (χ0) is 18.4. The number of rotatable bonds is 4. The molecule has 26 heavy (non-hydrogen) atoms. The van der Waals surface area contributed by atoms with Crippen molar-refractivity contribution >= 4 is 51.6 Å². The maximum absolute atomic E-state index is 12.3. The van der Waals surface area contributed by atoms with E-state index in [-0.39, 0.29) is 11.9 Å². The number of halogens is 1. The number of nitrogens with one attached hydrogen (secondary N) is 3. The van der Waals surface area contributed by atoms with Crippen LogP contribution in [0.1, 0.15) is 10.4 Å². The lowest BCUT2D eigenvalue weighted by atomic mass is 10.2. The van der Waals surface area contributed by atoms with E-state index in [2.05, 4.69) is 38.5 Å². The topological polar surface area (TPSA) is 70.2 Å². The van der Waals surface area contributed by atoms with E-state index in [4.69, 9.17) is 0 Å². The molecule has 3 aromatic carbocycles. The minimum atomic E-state index is -0.350. The molecule has 0 aliphatic carbocycles. The summed E-state index contributed by atoms with van der Waals surface area (Å²) in [4.78, 5) is 24.4. The van der Waals surface area contributed by atoms with Crippen molar-refractivity contribution in [2.75, 3.05) is 16.0 Å². The Bertz CT molecular complexity index is 929. The molecular formula is C20H16IN3O2. The molecule has 0 radical (unpaired) electrons. The average molecular weight is 457 g/mol. The van der Waals surface area contributed by atoms with Gasteiger partial charge in [-0.25, -0.2) is 4.79 Å². The van der Waals surface area contributed by atoms with Gasteiger partial charge < -0.3 is 16.0 Å². The van der Waals surface area contributed by atoms with Crippen molar-refractivity contribution in [3.05, 3.63) is 88.0 Å². The number of para-hydroxylation sites is 1. The summed E-state index contributed by atoms with van der Waals surface area (Å²) >= 11 is 2.16. The van der Waals surface area contributed by atoms with Crippen LogP contribution in [0.5, 0.6) is 0 Å². The Labute approximate surface area is 165 Å². The third-order valence-electron chi connectivity index (χ3n) is 3.50. The molecule has 0 aliphatic rings. The molecule has 0 saturated carbocycles. The Balaban J connectivity index is 1.64. The van der Waals surface area contributed by atoms with Crippen molar-refractivity contribution in [2.45, 2.75) is 0 Å². The van der Waals surface area contributed by atoms with Crippen LogP contribution in [-0.4, -0.2) is 11.9 Å². The van der Waals surface area contributed by atoms with Crippen LogP contribution in [0.25, 0.3) is 0 Å². The number of amides is 3. The molecule has 0 bridgehead atoms. The van der Waals surface area contributed by atoms with Gasteiger partial charge in [0.2, 0.25) is 0 Å². The van der Waals surface area contributed by atoms with Crippen LogP contribution < -0.4 is 16.0 Å². The SMILES string of the molecule is O=C(Nc1ccccc1)Nc1cccc(NC(=O)c2cccc(I)c2)c1. The summed E-state index contributed by atoms with van der Waals surface area (Å²) in [6, 6.07) is 23.1. The maximum Gasteiger partial charge on any atom is 0.323 e. The van der Waals surface area contributed by atoms with Crippen LogP contribution in [0.2, 0.25) is 0 Å². The molecule has 0 aromatic heterocycles. The molecule has 5 nitrogen and oxygen atoms in total. The quantitative estimate of drug-likeness (QED) is 0.472. The first-order chi connectivity index (χ1) is 12.6. The lowest BCUT2D eigenvalue weighted by Gasteiger charge is -2.10. The molecule has 130 valence electrons. The second kappa shape index (κ2) is 8.48. The predicted molar refractivity (Wildman–Crippen MR) is 113 cm³/mol. The highest BCUT2D eigenvalue weighted by Gasteiger charge is 2.08. The zero-order valence-electron chi connectivity index (χ0n) is 13.7. The van der Waals surface area contributed by atoms with E-state index in [1.807, 2.05) is 36.4 Å². The Morgan fingerprint density at radius 3 is 2.00 bits per heavy atom. The van der Waals surface area contributed by atoms with E-state index in [1.165, 1.54) is 0 Å². The molecular weight excluding hydrogens is 441 g/mol. The van der Waals surface area contributed by atoms with Crippen molar-refractivity contribution < 1.29 is 9.59 Å². The second-order valence-electron chi connectivity index (χ2n) is 5.49. The zero-order valence-corrected chi connectivity index (χ0v) is 15.9. The third-order valence-corrected chi connectivity index (χ3v) is 4.17. The molecule has 6 heteroatoms. The maximum atomic E-state index is 12.3. The standard InChI is InChI=1S/C20H16IN3O2/c21-15-7-4-6-14(12-15)19(25)22-17-10-5-11-18(13-17)24-20(26)23-16-8-2-1-3-9-16/h1-13H,(H,22,25)(H2,23,24,26). The molecule has 0 spiro atoms. The summed E-state index contributed by atoms with van der Waals surface area (Å²) in [5.41, 5.74) is 2.47. The number of urea groups is 1. The Hall–Kier alpha value is -2.87. The van der Waals surface area contributed by atoms with Gasteiger partial charge in [-0.2, -0.15) is 0 Å². The fourth-order valence-electron chi connectivity index (χ4n) is 2.32. The van der Waals surface area contributed by atoms with Gasteiger partial charge in [0, 0.05) is 26.2 Å². The van der Waals surface area contributed by atoms with Crippen LogP contribution >= 0.6 is 22.6 Å². The lowest BCUT2D eigenvalue weighted by molar-refractivity contribution is 0.102. The van der Waals surface area contributed by atoms with E-state index in [0.29, 0.717) is 22.6 Å². The number of carbonyl (C=O) groups excluding carboxylic acids is 2. The molecule has 3 rings (SSSR count). The van der Waals surface area contributed by atoms with Gasteiger partial charge in [-0.3, -0.25) is 4.79 Å². The lowest BCUT2D eigenvalue weighted by Crippen LogP contribution is -2.19. The molecule has 0 atom stereocenters. The second-order valence-corrected chi connectivity index (χ2v) is 6.74. The van der Waals surface area contributed by atoms with E-state index < -0.39 is 0 Å². The number of anilines is 3. The van der Waals surface area contributed by atoms with Gasteiger partial charge in [0.15, 0.2) is 0 Å². The van der Waals surface area contributed by atoms with Crippen molar-refractivity contribution in [3.63, 3.8) is 0 Å². The molecule has 3 aromatic rings. The minimum Gasteiger partial charge on any atom is -0.322 e. The molecule has 3 N–H and O–H groups in total. The van der Waals surface area contributed by atoms with Crippen LogP contribution in [-0.2, 0) is 0 Å². The summed E-state index contributed by atoms with van der Waals surface area (Å²) in [5, 5.41) is 8.33. The molecule has 0 unspecified atom stereocenters. The first kappa shape index (κ1) is 17.9. The molecule has 0 aliphatic heterocycles. The normalized spacial score (nSPS) is 10.0. The highest BCUT2D eigenvalue weighted by atomic mass is 127. The van der Waals surface area contributed by atoms with Gasteiger partial charge in [-0.15, -0.1) is 0 Å². The van der Waals surface area contributed by atoms with E-state index in [0.717, 1.165) is 3.57 Å². The molecule has 0 saturated heterocycles. The smallest absolute Gasteiger partial charge is 0.322 e. The van der Waals surface area contributed by atoms with Gasteiger partial charge in [0.1, 0.15) is 0 Å². The monoisotopic (exact) mass is 457 g/mol. The van der Waals surface area contributed by atoms with E-state index in [9.17, 15) is 9.59 Å². The van der Waals surface area contributed by atoms with Gasteiger partial charge in [0.25, 0.3) is 5.91 Å². The number of hydrogen-bond donors (Lipinski definition) is 3. The fourth-order valence-corrected chi connectivity index (χ4v) is 2.87. The fraction of sp³-hybridized carbons (Fsp3) is 0. The Morgan fingerprint density at radius 2 is 1.27 bits per heavy atom. The average Bonchev–Trinajstić information content (AvgIpc) is 2.62. The van der Waals surface area contributed by atoms with Gasteiger partial charge >= 0.3 is 6.03 Å². The van der Waals surface area contributed by atoms with Crippen LogP contribution in [0, 0.1) is 3.57 Å². The predicted octanol–water partition coefficient (Wildman–Crippen LogP) is 5.19. The first-order valence-electron chi connectivity index (χ1n) is 7.90. The largest absolute Gasteiger partial charge is 0.323 e. The van der Waals surface area contributed by atoms with Crippen molar-refractivity contribution in [3.8, 4) is 0 Å². The van der Waals surface area contributed by atoms with E-state index in [1.54, 1.807) is 42.5 Å². The van der Waals surface area contributed by atoms with Crippen molar-refractivity contribution in [1.82, 2.24) is 0 Å². The Morgan fingerprint density at radius 1 is 0.654 bits per heavy atom. The van der Waals surface area contributed by atoms with Crippen LogP contribution in [0.15, 0.2) is 78.9 Å². The van der Waals surface area contributed by atoms with E-state index >= 15 is 0 Å². The first-order valence-corrected chi connectivity index (χ1v) is 8.98. The van der Waals surface area contributed by atoms with Crippen molar-refractivity contribution in [1.29, 1.82) is 0 Å². The van der Waals surface area contributed by atoms with Crippen LogP contribution in [0.4, 0.5) is 21.9 Å². The molecule has 0 fully saturated rings. The molecule has 3 amide bonds. The third kappa shape index (κ3) is 5.06. The van der Waals surface area contributed by atoms with Gasteiger partial charge in [-0.05, 0) is 71.1 Å². The van der Waals surface area contributed by atoms with Gasteiger partial charge in [0.05, 0.1) is 0 Å². The highest BCUT2D eigenvalue weighted by Crippen LogP contribution is 2.17. The molecule has 0 heterocycles. The summed E-state index contributed by atoms with van der Waals surface area (Å²) in [5.74, 6) is -0.200. The summed E-state index contributed by atoms with van der Waals surface area (Å²) in [6.07, 6.45) is 0. The van der Waals surface area contributed by atoms with Crippen molar-refractivity contribution in [2.24, 2.45) is 0 Å². The number of carbonyl (C=O) groups is 2. The summed E-state index contributed by atoms with van der Waals surface area (Å²) in [7, 11) is 0.